The van der Waals surface area contributed by atoms with Crippen molar-refractivity contribution in [3.63, 3.8) is 0 Å². The summed E-state index contributed by atoms with van der Waals surface area (Å²) in [5.41, 5.74) is 0. The van der Waals surface area contributed by atoms with Crippen molar-refractivity contribution in [3.05, 3.63) is 12.4 Å². The first-order chi connectivity index (χ1) is 9.88. The Balaban J connectivity index is 1.64. The third kappa shape index (κ3) is 3.00. The fourth-order valence-corrected chi connectivity index (χ4v) is 3.82. The summed E-state index contributed by atoms with van der Waals surface area (Å²) in [4.78, 5) is 7.16. The van der Waals surface area contributed by atoms with E-state index < -0.39 is 0 Å². The molecule has 0 bridgehead atoms. The van der Waals surface area contributed by atoms with E-state index in [1.807, 2.05) is 6.20 Å². The van der Waals surface area contributed by atoms with Gasteiger partial charge in [-0.3, -0.25) is 0 Å². The van der Waals surface area contributed by atoms with Gasteiger partial charge in [0.15, 0.2) is 0 Å². The van der Waals surface area contributed by atoms with E-state index in [1.165, 1.54) is 50.9 Å². The van der Waals surface area contributed by atoms with Crippen molar-refractivity contribution in [1.29, 1.82) is 0 Å². The Labute approximate surface area is 122 Å². The van der Waals surface area contributed by atoms with Crippen molar-refractivity contribution in [2.24, 2.45) is 5.92 Å². The monoisotopic (exact) mass is 276 g/mol. The highest BCUT2D eigenvalue weighted by Crippen LogP contribution is 2.32. The average molecular weight is 276 g/mol. The minimum Gasteiger partial charge on any atom is -0.342 e. The fourth-order valence-electron chi connectivity index (χ4n) is 3.82. The van der Waals surface area contributed by atoms with E-state index in [-0.39, 0.29) is 0 Å². The van der Waals surface area contributed by atoms with Crippen molar-refractivity contribution < 1.29 is 0 Å². The van der Waals surface area contributed by atoms with Crippen LogP contribution in [0, 0.1) is 5.92 Å². The van der Waals surface area contributed by atoms with Crippen LogP contribution in [0.3, 0.4) is 0 Å². The summed E-state index contributed by atoms with van der Waals surface area (Å²) < 4.78 is 2.46. The van der Waals surface area contributed by atoms with E-state index in [0.29, 0.717) is 6.04 Å². The number of piperidine rings is 1. The van der Waals surface area contributed by atoms with Crippen molar-refractivity contribution in [2.45, 2.75) is 51.0 Å². The summed E-state index contributed by atoms with van der Waals surface area (Å²) in [6, 6.07) is 0.691. The summed E-state index contributed by atoms with van der Waals surface area (Å²) in [5.74, 6) is 2.06. The zero-order valence-electron chi connectivity index (χ0n) is 12.7. The van der Waals surface area contributed by atoms with Gasteiger partial charge in [-0.25, -0.2) is 4.98 Å². The molecule has 0 spiro atoms. The number of hydrogen-bond acceptors (Lipinski definition) is 3. The molecule has 1 aromatic heterocycles. The molecule has 2 fully saturated rings. The number of aromatic nitrogens is 2. The second kappa shape index (κ2) is 6.61. The van der Waals surface area contributed by atoms with E-state index in [9.17, 15) is 0 Å². The van der Waals surface area contributed by atoms with Gasteiger partial charge in [0.25, 0.3) is 0 Å². The molecule has 2 heterocycles. The molecule has 0 aromatic carbocycles. The molecule has 4 heteroatoms. The van der Waals surface area contributed by atoms with Gasteiger partial charge in [0, 0.05) is 31.5 Å². The summed E-state index contributed by atoms with van der Waals surface area (Å²) in [5, 5.41) is 3.31. The predicted octanol–water partition coefficient (Wildman–Crippen LogP) is 2.82. The Morgan fingerprint density at radius 1 is 1.15 bits per heavy atom. The van der Waals surface area contributed by atoms with Crippen LogP contribution in [-0.2, 0) is 0 Å². The van der Waals surface area contributed by atoms with Crippen molar-refractivity contribution in [3.8, 4) is 0 Å². The first kappa shape index (κ1) is 13.9. The van der Waals surface area contributed by atoms with Crippen LogP contribution in [0.2, 0.25) is 0 Å². The largest absolute Gasteiger partial charge is 0.342 e. The molecule has 2 aliphatic rings. The zero-order valence-corrected chi connectivity index (χ0v) is 12.7. The van der Waals surface area contributed by atoms with Crippen molar-refractivity contribution in [2.75, 3.05) is 31.6 Å². The molecule has 1 aliphatic carbocycles. The van der Waals surface area contributed by atoms with Gasteiger partial charge >= 0.3 is 0 Å². The van der Waals surface area contributed by atoms with Gasteiger partial charge < -0.3 is 14.8 Å². The summed E-state index contributed by atoms with van der Waals surface area (Å²) in [6.45, 7) is 3.48. The molecule has 0 atom stereocenters. The Morgan fingerprint density at radius 3 is 2.60 bits per heavy atom. The Bertz CT molecular complexity index is 400. The van der Waals surface area contributed by atoms with Gasteiger partial charge in [0.1, 0.15) is 0 Å². The standard InChI is InChI=1S/C16H28N4/c1-17-13-14-7-10-19(11-8-14)16-18-9-12-20(16)15-5-3-2-4-6-15/h9,12,14-15,17H,2-8,10-11,13H2,1H3. The number of nitrogens with one attached hydrogen (secondary N) is 1. The lowest BCUT2D eigenvalue weighted by Crippen LogP contribution is -2.38. The molecule has 1 aliphatic heterocycles. The topological polar surface area (TPSA) is 33.1 Å². The van der Waals surface area contributed by atoms with Crippen LogP contribution in [0.25, 0.3) is 0 Å². The minimum absolute atomic E-state index is 0.691. The van der Waals surface area contributed by atoms with Crippen LogP contribution in [-0.4, -0.2) is 36.2 Å². The van der Waals surface area contributed by atoms with Crippen molar-refractivity contribution in [1.82, 2.24) is 14.9 Å². The highest BCUT2D eigenvalue weighted by Gasteiger charge is 2.24. The van der Waals surface area contributed by atoms with E-state index in [2.05, 4.69) is 33.0 Å². The van der Waals surface area contributed by atoms with Crippen LogP contribution < -0.4 is 10.2 Å². The maximum absolute atomic E-state index is 4.66. The van der Waals surface area contributed by atoms with Crippen LogP contribution in [0.15, 0.2) is 12.4 Å². The molecule has 1 saturated heterocycles. The molecule has 0 unspecified atom stereocenters. The minimum atomic E-state index is 0.691. The second-order valence-electron chi connectivity index (χ2n) is 6.41. The molecule has 1 saturated carbocycles. The molecule has 112 valence electrons. The third-order valence-corrected chi connectivity index (χ3v) is 5.01. The number of hydrogen-bond donors (Lipinski definition) is 1. The SMILES string of the molecule is CNCC1CCN(c2nccn2C2CCCCC2)CC1. The van der Waals surface area contributed by atoms with E-state index >= 15 is 0 Å². The van der Waals surface area contributed by atoms with Gasteiger partial charge in [-0.05, 0) is 45.2 Å². The molecule has 1 aromatic rings. The first-order valence-corrected chi connectivity index (χ1v) is 8.31. The lowest BCUT2D eigenvalue weighted by Gasteiger charge is -2.34. The van der Waals surface area contributed by atoms with Gasteiger partial charge in [-0.15, -0.1) is 0 Å². The Morgan fingerprint density at radius 2 is 1.90 bits per heavy atom. The average Bonchev–Trinajstić information content (AvgIpc) is 2.99. The lowest BCUT2D eigenvalue weighted by atomic mass is 9.95. The summed E-state index contributed by atoms with van der Waals surface area (Å²) in [6.07, 6.45) is 13.6. The first-order valence-electron chi connectivity index (χ1n) is 8.31. The molecule has 3 rings (SSSR count). The van der Waals surface area contributed by atoms with Gasteiger partial charge in [0.05, 0.1) is 0 Å². The van der Waals surface area contributed by atoms with Crippen LogP contribution in [0.1, 0.15) is 51.0 Å². The molecule has 20 heavy (non-hydrogen) atoms. The maximum atomic E-state index is 4.66. The number of nitrogens with zero attached hydrogens (tertiary/aromatic N) is 3. The Kier molecular flexibility index (Phi) is 4.61. The molecule has 0 radical (unpaired) electrons. The number of imidazole rings is 1. The maximum Gasteiger partial charge on any atom is 0.205 e. The van der Waals surface area contributed by atoms with E-state index in [1.54, 1.807) is 0 Å². The van der Waals surface area contributed by atoms with Gasteiger partial charge in [0.2, 0.25) is 5.95 Å². The third-order valence-electron chi connectivity index (χ3n) is 5.01. The quantitative estimate of drug-likeness (QED) is 0.918. The molecular weight excluding hydrogens is 248 g/mol. The van der Waals surface area contributed by atoms with E-state index in [4.69, 9.17) is 0 Å². The molecule has 1 N–H and O–H groups in total. The van der Waals surface area contributed by atoms with Crippen LogP contribution >= 0.6 is 0 Å². The fraction of sp³-hybridized carbons (Fsp3) is 0.812. The predicted molar refractivity (Wildman–Crippen MR) is 83.2 cm³/mol. The smallest absolute Gasteiger partial charge is 0.205 e. The Hall–Kier alpha value is -1.03. The molecule has 4 nitrogen and oxygen atoms in total. The summed E-state index contributed by atoms with van der Waals surface area (Å²) >= 11 is 0. The number of rotatable bonds is 4. The van der Waals surface area contributed by atoms with Crippen molar-refractivity contribution >= 4 is 5.95 Å². The van der Waals surface area contributed by atoms with Crippen LogP contribution in [0.4, 0.5) is 5.95 Å². The lowest BCUT2D eigenvalue weighted by molar-refractivity contribution is 0.344. The van der Waals surface area contributed by atoms with Gasteiger partial charge in [-0.1, -0.05) is 19.3 Å². The zero-order chi connectivity index (χ0) is 13.8. The normalized spacial score (nSPS) is 22.4. The van der Waals surface area contributed by atoms with E-state index in [0.717, 1.165) is 25.6 Å². The highest BCUT2D eigenvalue weighted by atomic mass is 15.3. The highest BCUT2D eigenvalue weighted by molar-refractivity contribution is 5.32. The molecule has 0 amide bonds. The summed E-state index contributed by atoms with van der Waals surface area (Å²) in [7, 11) is 2.06. The molecular formula is C16H28N4. The van der Waals surface area contributed by atoms with Crippen LogP contribution in [0.5, 0.6) is 0 Å². The van der Waals surface area contributed by atoms with Gasteiger partial charge in [-0.2, -0.15) is 0 Å². The second-order valence-corrected chi connectivity index (χ2v) is 6.41. The number of anilines is 1.